The Balaban J connectivity index is 1.89. The van der Waals surface area contributed by atoms with Crippen LogP contribution in [-0.2, 0) is 13.6 Å². The quantitative estimate of drug-likeness (QED) is 0.656. The van der Waals surface area contributed by atoms with Gasteiger partial charge in [-0.3, -0.25) is 4.99 Å². The van der Waals surface area contributed by atoms with Crippen LogP contribution in [0.1, 0.15) is 37.8 Å². The Kier molecular flexibility index (Phi) is 5.28. The molecule has 0 aromatic carbocycles. The smallest absolute Gasteiger partial charge is 0.193 e. The van der Waals surface area contributed by atoms with Gasteiger partial charge in [-0.25, -0.2) is 0 Å². The van der Waals surface area contributed by atoms with Crippen molar-refractivity contribution in [1.82, 2.24) is 14.8 Å². The number of rotatable bonds is 4. The van der Waals surface area contributed by atoms with E-state index in [4.69, 9.17) is 0 Å². The van der Waals surface area contributed by atoms with Gasteiger partial charge in [-0.05, 0) is 25.0 Å². The lowest BCUT2D eigenvalue weighted by Gasteiger charge is -2.33. The number of aromatic nitrogens is 1. The van der Waals surface area contributed by atoms with Crippen LogP contribution in [0, 0.1) is 0 Å². The van der Waals surface area contributed by atoms with E-state index in [1.165, 1.54) is 12.1 Å². The van der Waals surface area contributed by atoms with Gasteiger partial charge in [0.1, 0.15) is 0 Å². The monoisotopic (exact) mass is 292 g/mol. The number of nitrogens with one attached hydrogen (secondary N) is 1. The fourth-order valence-corrected chi connectivity index (χ4v) is 2.99. The zero-order valence-electron chi connectivity index (χ0n) is 13.5. The summed E-state index contributed by atoms with van der Waals surface area (Å²) in [5.41, 5.74) is 0.664. The number of nitrogens with zero attached hydrogens (tertiary/aromatic N) is 3. The van der Waals surface area contributed by atoms with Crippen LogP contribution in [0.25, 0.3) is 0 Å². The van der Waals surface area contributed by atoms with Crippen molar-refractivity contribution in [2.24, 2.45) is 12.0 Å². The van der Waals surface area contributed by atoms with E-state index in [1.54, 1.807) is 7.05 Å². The molecule has 5 heteroatoms. The first-order valence-corrected chi connectivity index (χ1v) is 7.78. The molecule has 0 atom stereocenters. The minimum Gasteiger partial charge on any atom is -0.388 e. The van der Waals surface area contributed by atoms with Crippen molar-refractivity contribution in [2.45, 2.75) is 44.2 Å². The molecule has 0 radical (unpaired) electrons. The van der Waals surface area contributed by atoms with Gasteiger partial charge in [0.25, 0.3) is 0 Å². The van der Waals surface area contributed by atoms with Gasteiger partial charge in [0.05, 0.1) is 12.1 Å². The molecule has 21 heavy (non-hydrogen) atoms. The van der Waals surface area contributed by atoms with Crippen LogP contribution in [0.2, 0.25) is 0 Å². The topological polar surface area (TPSA) is 52.8 Å². The SMILES string of the molecule is CN=C(NCC1(O)CCCCC1)N(C)Cc1cccn1C. The Labute approximate surface area is 127 Å². The first kappa shape index (κ1) is 15.9. The molecule has 118 valence electrons. The second-order valence-corrected chi connectivity index (χ2v) is 6.15. The fourth-order valence-electron chi connectivity index (χ4n) is 2.99. The molecule has 0 saturated heterocycles. The first-order chi connectivity index (χ1) is 10.0. The summed E-state index contributed by atoms with van der Waals surface area (Å²) in [6, 6.07) is 4.16. The van der Waals surface area contributed by atoms with Crippen LogP contribution < -0.4 is 5.32 Å². The molecule has 1 saturated carbocycles. The average molecular weight is 292 g/mol. The van der Waals surface area contributed by atoms with Crippen LogP contribution in [-0.4, -0.2) is 46.8 Å². The molecule has 2 rings (SSSR count). The van der Waals surface area contributed by atoms with Gasteiger partial charge >= 0.3 is 0 Å². The highest BCUT2D eigenvalue weighted by atomic mass is 16.3. The van der Waals surface area contributed by atoms with Crippen molar-refractivity contribution in [3.8, 4) is 0 Å². The lowest BCUT2D eigenvalue weighted by Crippen LogP contribution is -2.48. The Morgan fingerprint density at radius 1 is 1.43 bits per heavy atom. The normalized spacial score (nSPS) is 18.6. The average Bonchev–Trinajstić information content (AvgIpc) is 2.85. The summed E-state index contributed by atoms with van der Waals surface area (Å²) >= 11 is 0. The second-order valence-electron chi connectivity index (χ2n) is 6.15. The highest BCUT2D eigenvalue weighted by Gasteiger charge is 2.29. The van der Waals surface area contributed by atoms with Crippen LogP contribution in [0.4, 0.5) is 0 Å². The number of guanidine groups is 1. The molecular formula is C16H28N4O. The molecule has 0 spiro atoms. The van der Waals surface area contributed by atoms with Gasteiger partial charge in [-0.15, -0.1) is 0 Å². The van der Waals surface area contributed by atoms with Gasteiger partial charge in [0.2, 0.25) is 0 Å². The van der Waals surface area contributed by atoms with Gasteiger partial charge in [-0.1, -0.05) is 19.3 Å². The zero-order valence-corrected chi connectivity index (χ0v) is 13.5. The van der Waals surface area contributed by atoms with E-state index in [2.05, 4.69) is 25.8 Å². The maximum absolute atomic E-state index is 10.6. The highest BCUT2D eigenvalue weighted by molar-refractivity contribution is 5.79. The first-order valence-electron chi connectivity index (χ1n) is 7.78. The van der Waals surface area contributed by atoms with Gasteiger partial charge in [0, 0.05) is 39.6 Å². The summed E-state index contributed by atoms with van der Waals surface area (Å²) in [4.78, 5) is 6.41. The third kappa shape index (κ3) is 4.24. The lowest BCUT2D eigenvalue weighted by atomic mass is 9.85. The second kappa shape index (κ2) is 6.98. The van der Waals surface area contributed by atoms with Crippen LogP contribution in [0.15, 0.2) is 23.3 Å². The third-order valence-corrected chi connectivity index (χ3v) is 4.38. The molecule has 1 aromatic rings. The van der Waals surface area contributed by atoms with E-state index >= 15 is 0 Å². The molecule has 1 heterocycles. The van der Waals surface area contributed by atoms with Crippen LogP contribution in [0.3, 0.4) is 0 Å². The van der Waals surface area contributed by atoms with Crippen molar-refractivity contribution in [1.29, 1.82) is 0 Å². The molecule has 2 N–H and O–H groups in total. The molecule has 1 aliphatic rings. The fraction of sp³-hybridized carbons (Fsp3) is 0.688. The molecular weight excluding hydrogens is 264 g/mol. The summed E-state index contributed by atoms with van der Waals surface area (Å²) < 4.78 is 2.11. The predicted octanol–water partition coefficient (Wildman–Crippen LogP) is 1.73. The van der Waals surface area contributed by atoms with Gasteiger partial charge < -0.3 is 19.9 Å². The molecule has 0 amide bonds. The van der Waals surface area contributed by atoms with E-state index in [-0.39, 0.29) is 0 Å². The minimum absolute atomic E-state index is 0.569. The predicted molar refractivity (Wildman–Crippen MR) is 86.3 cm³/mol. The number of aryl methyl sites for hydroxylation is 1. The Morgan fingerprint density at radius 2 is 2.14 bits per heavy atom. The molecule has 5 nitrogen and oxygen atoms in total. The molecule has 0 unspecified atom stereocenters. The molecule has 0 bridgehead atoms. The highest BCUT2D eigenvalue weighted by Crippen LogP contribution is 2.27. The minimum atomic E-state index is -0.569. The maximum atomic E-state index is 10.6. The van der Waals surface area contributed by atoms with E-state index in [0.29, 0.717) is 6.54 Å². The lowest BCUT2D eigenvalue weighted by molar-refractivity contribution is 0.00819. The zero-order chi connectivity index (χ0) is 15.3. The van der Waals surface area contributed by atoms with E-state index in [1.807, 2.05) is 26.4 Å². The standard InChI is InChI=1S/C16H28N4O/c1-17-15(18-13-16(21)9-5-4-6-10-16)20(3)12-14-8-7-11-19(14)2/h7-8,11,21H,4-6,9-10,12-13H2,1-3H3,(H,17,18). The number of hydrogen-bond acceptors (Lipinski definition) is 2. The largest absolute Gasteiger partial charge is 0.388 e. The van der Waals surface area contributed by atoms with Gasteiger partial charge in [0.15, 0.2) is 5.96 Å². The molecule has 1 aliphatic carbocycles. The van der Waals surface area contributed by atoms with Crippen molar-refractivity contribution in [2.75, 3.05) is 20.6 Å². The number of aliphatic hydroxyl groups is 1. The van der Waals surface area contributed by atoms with E-state index < -0.39 is 5.60 Å². The van der Waals surface area contributed by atoms with Crippen LogP contribution in [0.5, 0.6) is 0 Å². The van der Waals surface area contributed by atoms with Crippen molar-refractivity contribution >= 4 is 5.96 Å². The molecule has 1 aromatic heterocycles. The molecule has 1 fully saturated rings. The third-order valence-electron chi connectivity index (χ3n) is 4.38. The summed E-state index contributed by atoms with van der Waals surface area (Å²) in [7, 11) is 5.85. The summed E-state index contributed by atoms with van der Waals surface area (Å²) in [6.45, 7) is 1.37. The van der Waals surface area contributed by atoms with E-state index in [9.17, 15) is 5.11 Å². The summed E-state index contributed by atoms with van der Waals surface area (Å²) in [5.74, 6) is 0.829. The van der Waals surface area contributed by atoms with Crippen molar-refractivity contribution < 1.29 is 5.11 Å². The van der Waals surface area contributed by atoms with Crippen molar-refractivity contribution in [3.63, 3.8) is 0 Å². The maximum Gasteiger partial charge on any atom is 0.193 e. The Morgan fingerprint density at radius 3 is 2.71 bits per heavy atom. The van der Waals surface area contributed by atoms with Gasteiger partial charge in [-0.2, -0.15) is 0 Å². The number of hydrogen-bond donors (Lipinski definition) is 2. The number of aliphatic imine (C=N–C) groups is 1. The molecule has 0 aliphatic heterocycles. The van der Waals surface area contributed by atoms with E-state index in [0.717, 1.165) is 38.2 Å². The van der Waals surface area contributed by atoms with Crippen molar-refractivity contribution in [3.05, 3.63) is 24.0 Å². The Hall–Kier alpha value is -1.49. The Bertz CT molecular complexity index is 474. The summed E-state index contributed by atoms with van der Waals surface area (Å²) in [6.07, 6.45) is 7.30. The summed E-state index contributed by atoms with van der Waals surface area (Å²) in [5, 5.41) is 13.9. The van der Waals surface area contributed by atoms with Crippen LogP contribution >= 0.6 is 0 Å².